The quantitative estimate of drug-likeness (QED) is 0.471. The van der Waals surface area contributed by atoms with Crippen LogP contribution in [0.15, 0.2) is 0 Å². The van der Waals surface area contributed by atoms with Gasteiger partial charge in [0.05, 0.1) is 46.2 Å². The zero-order valence-electron chi connectivity index (χ0n) is 9.57. The summed E-state index contributed by atoms with van der Waals surface area (Å²) in [7, 11) is 0. The summed E-state index contributed by atoms with van der Waals surface area (Å²) in [6.45, 7) is 7.50. The van der Waals surface area contributed by atoms with Crippen LogP contribution >= 0.6 is 0 Å². The molecule has 5 nitrogen and oxygen atoms in total. The van der Waals surface area contributed by atoms with E-state index in [4.69, 9.17) is 24.7 Å². The fourth-order valence-electron chi connectivity index (χ4n) is 0.887. The van der Waals surface area contributed by atoms with Gasteiger partial charge in [0.2, 0.25) is 0 Å². The molecule has 2 N–H and O–H groups in total. The Kier molecular flexibility index (Phi) is 13.6. The molecular formula is C10H23NO4. The van der Waals surface area contributed by atoms with E-state index in [2.05, 4.69) is 0 Å². The fourth-order valence-corrected chi connectivity index (χ4v) is 0.887. The number of hydrogen-bond donors (Lipinski definition) is 1. The van der Waals surface area contributed by atoms with Crippen molar-refractivity contribution in [3.63, 3.8) is 0 Å². The molecule has 0 rings (SSSR count). The van der Waals surface area contributed by atoms with Gasteiger partial charge in [0.25, 0.3) is 0 Å². The Labute approximate surface area is 91.8 Å². The van der Waals surface area contributed by atoms with Gasteiger partial charge in [-0.2, -0.15) is 0 Å². The molecule has 15 heavy (non-hydrogen) atoms. The first-order chi connectivity index (χ1) is 7.41. The Morgan fingerprint density at radius 3 is 1.47 bits per heavy atom. The summed E-state index contributed by atoms with van der Waals surface area (Å²) in [5.41, 5.74) is 5.25. The van der Waals surface area contributed by atoms with Gasteiger partial charge in [-0.1, -0.05) is 0 Å². The average molecular weight is 221 g/mol. The van der Waals surface area contributed by atoms with E-state index < -0.39 is 0 Å². The highest BCUT2D eigenvalue weighted by atomic mass is 16.6. The minimum absolute atomic E-state index is 0.556. The number of rotatable bonds is 12. The van der Waals surface area contributed by atoms with Crippen LogP contribution in [0.4, 0.5) is 0 Å². The molecule has 0 radical (unpaired) electrons. The van der Waals surface area contributed by atoms with E-state index in [1.165, 1.54) is 0 Å². The van der Waals surface area contributed by atoms with Gasteiger partial charge in [0.1, 0.15) is 0 Å². The lowest BCUT2D eigenvalue weighted by atomic mass is 10.7. The van der Waals surface area contributed by atoms with Crippen molar-refractivity contribution in [3.8, 4) is 0 Å². The second kappa shape index (κ2) is 13.8. The molecule has 0 aromatic rings. The highest BCUT2D eigenvalue weighted by Gasteiger charge is 1.90. The molecule has 0 fully saturated rings. The van der Waals surface area contributed by atoms with Crippen LogP contribution in [-0.4, -0.2) is 59.4 Å². The summed E-state index contributed by atoms with van der Waals surface area (Å²) < 4.78 is 20.7. The maximum Gasteiger partial charge on any atom is 0.0701 e. The standard InChI is InChI=1S/C10H23NO4/c1-2-12-5-6-14-9-10-15-8-7-13-4-3-11/h2-11H2,1H3. The van der Waals surface area contributed by atoms with Crippen molar-refractivity contribution in [2.45, 2.75) is 6.92 Å². The summed E-state index contributed by atoms with van der Waals surface area (Å²) in [4.78, 5) is 0. The summed E-state index contributed by atoms with van der Waals surface area (Å²) >= 11 is 0. The van der Waals surface area contributed by atoms with Crippen molar-refractivity contribution < 1.29 is 18.9 Å². The third-order valence-corrected chi connectivity index (χ3v) is 1.58. The third kappa shape index (κ3) is 13.8. The van der Waals surface area contributed by atoms with E-state index in [-0.39, 0.29) is 0 Å². The van der Waals surface area contributed by atoms with Crippen LogP contribution < -0.4 is 5.73 Å². The molecule has 0 aromatic heterocycles. The van der Waals surface area contributed by atoms with Crippen molar-refractivity contribution in [2.75, 3.05) is 59.4 Å². The zero-order valence-corrected chi connectivity index (χ0v) is 9.57. The lowest BCUT2D eigenvalue weighted by Crippen LogP contribution is -2.14. The number of hydrogen-bond acceptors (Lipinski definition) is 5. The Balaban J connectivity index is 2.81. The SMILES string of the molecule is CCOCCOCCOCCOCCN. The van der Waals surface area contributed by atoms with Gasteiger partial charge in [-0.15, -0.1) is 0 Å². The van der Waals surface area contributed by atoms with Gasteiger partial charge in [-0.3, -0.25) is 0 Å². The van der Waals surface area contributed by atoms with Gasteiger partial charge in [0, 0.05) is 13.2 Å². The van der Waals surface area contributed by atoms with Gasteiger partial charge >= 0.3 is 0 Å². The summed E-state index contributed by atoms with van der Waals surface area (Å²) in [5.74, 6) is 0. The largest absolute Gasteiger partial charge is 0.379 e. The van der Waals surface area contributed by atoms with E-state index in [1.807, 2.05) is 6.92 Å². The van der Waals surface area contributed by atoms with Crippen molar-refractivity contribution >= 4 is 0 Å². The first-order valence-corrected chi connectivity index (χ1v) is 5.42. The van der Waals surface area contributed by atoms with Gasteiger partial charge in [-0.25, -0.2) is 0 Å². The first-order valence-electron chi connectivity index (χ1n) is 5.42. The molecule has 0 atom stereocenters. The van der Waals surface area contributed by atoms with Gasteiger partial charge in [-0.05, 0) is 6.92 Å². The maximum atomic E-state index is 5.26. The second-order valence-electron chi connectivity index (χ2n) is 2.82. The van der Waals surface area contributed by atoms with E-state index in [0.717, 1.165) is 6.61 Å². The molecule has 0 aliphatic rings. The molecule has 0 bridgehead atoms. The highest BCUT2D eigenvalue weighted by Crippen LogP contribution is 1.81. The van der Waals surface area contributed by atoms with Crippen LogP contribution in [0.25, 0.3) is 0 Å². The molecule has 0 aliphatic heterocycles. The van der Waals surface area contributed by atoms with Crippen LogP contribution in [0.2, 0.25) is 0 Å². The lowest BCUT2D eigenvalue weighted by Gasteiger charge is -2.06. The van der Waals surface area contributed by atoms with E-state index >= 15 is 0 Å². The monoisotopic (exact) mass is 221 g/mol. The van der Waals surface area contributed by atoms with E-state index in [1.54, 1.807) is 0 Å². The molecule has 0 saturated heterocycles. The fraction of sp³-hybridized carbons (Fsp3) is 1.00. The smallest absolute Gasteiger partial charge is 0.0701 e. The third-order valence-electron chi connectivity index (χ3n) is 1.58. The molecule has 0 aliphatic carbocycles. The van der Waals surface area contributed by atoms with Gasteiger partial charge in [0.15, 0.2) is 0 Å². The summed E-state index contributed by atoms with van der Waals surface area (Å²) in [5, 5.41) is 0. The highest BCUT2D eigenvalue weighted by molar-refractivity contribution is 4.35. The molecule has 92 valence electrons. The predicted molar refractivity (Wildman–Crippen MR) is 58.0 cm³/mol. The first kappa shape index (κ1) is 14.8. The normalized spacial score (nSPS) is 10.8. The molecule has 5 heteroatoms. The Hall–Kier alpha value is -0.200. The van der Waals surface area contributed by atoms with Crippen LogP contribution in [0, 0.1) is 0 Å². The number of nitrogens with two attached hydrogens (primary N) is 1. The molecular weight excluding hydrogens is 198 g/mol. The Morgan fingerprint density at radius 2 is 1.07 bits per heavy atom. The summed E-state index contributed by atoms with van der Waals surface area (Å²) in [6.07, 6.45) is 0. The second-order valence-corrected chi connectivity index (χ2v) is 2.82. The summed E-state index contributed by atoms with van der Waals surface area (Å²) in [6, 6.07) is 0. The van der Waals surface area contributed by atoms with Crippen molar-refractivity contribution in [3.05, 3.63) is 0 Å². The topological polar surface area (TPSA) is 62.9 Å². The molecule has 0 amide bonds. The van der Waals surface area contributed by atoms with Crippen LogP contribution in [0.5, 0.6) is 0 Å². The predicted octanol–water partition coefficient (Wildman–Crippen LogP) is 0.0314. The van der Waals surface area contributed by atoms with Crippen molar-refractivity contribution in [1.82, 2.24) is 0 Å². The van der Waals surface area contributed by atoms with E-state index in [9.17, 15) is 0 Å². The van der Waals surface area contributed by atoms with Crippen molar-refractivity contribution in [2.24, 2.45) is 5.73 Å². The lowest BCUT2D eigenvalue weighted by molar-refractivity contribution is 0.000383. The molecule has 0 aromatic carbocycles. The minimum atomic E-state index is 0.556. The number of ether oxygens (including phenoxy) is 4. The van der Waals surface area contributed by atoms with Crippen LogP contribution in [0.1, 0.15) is 6.92 Å². The maximum absolute atomic E-state index is 5.26. The van der Waals surface area contributed by atoms with Gasteiger partial charge < -0.3 is 24.7 Å². The Morgan fingerprint density at radius 1 is 0.667 bits per heavy atom. The van der Waals surface area contributed by atoms with E-state index in [0.29, 0.717) is 52.8 Å². The Bertz CT molecular complexity index is 102. The minimum Gasteiger partial charge on any atom is -0.379 e. The molecule has 0 unspecified atom stereocenters. The van der Waals surface area contributed by atoms with Crippen LogP contribution in [-0.2, 0) is 18.9 Å². The van der Waals surface area contributed by atoms with Crippen LogP contribution in [0.3, 0.4) is 0 Å². The zero-order chi connectivity index (χ0) is 11.2. The average Bonchev–Trinajstić information content (AvgIpc) is 2.26. The molecule has 0 spiro atoms. The molecule has 0 saturated carbocycles. The van der Waals surface area contributed by atoms with Crippen molar-refractivity contribution in [1.29, 1.82) is 0 Å². The molecule has 0 heterocycles.